The maximum Gasteiger partial charge on any atom is 0.272 e. The third-order valence-electron chi connectivity index (χ3n) is 3.82. The number of primary amides is 1. The Morgan fingerprint density at radius 1 is 1.30 bits per heavy atom. The lowest BCUT2D eigenvalue weighted by Gasteiger charge is -2.18. The van der Waals surface area contributed by atoms with Gasteiger partial charge in [0.1, 0.15) is 5.69 Å². The van der Waals surface area contributed by atoms with Crippen LogP contribution in [0.2, 0.25) is 0 Å². The SMILES string of the molecule is Cl.Cn1cc(C(N)=O)cc1C(=O)Nc1ccc2c(c1)CCCN2. The largest absolute Gasteiger partial charge is 0.385 e. The van der Waals surface area contributed by atoms with Crippen LogP contribution in [-0.2, 0) is 13.5 Å². The summed E-state index contributed by atoms with van der Waals surface area (Å²) in [4.78, 5) is 23.5. The first-order valence-corrected chi connectivity index (χ1v) is 7.19. The Balaban J connectivity index is 0.00000192. The Kier molecular flexibility index (Phi) is 4.95. The molecular formula is C16H19ClN4O2. The second-order valence-electron chi connectivity index (χ2n) is 5.45. The number of nitrogens with one attached hydrogen (secondary N) is 2. The van der Waals surface area contributed by atoms with E-state index in [9.17, 15) is 9.59 Å². The second-order valence-corrected chi connectivity index (χ2v) is 5.45. The first kappa shape index (κ1) is 16.9. The summed E-state index contributed by atoms with van der Waals surface area (Å²) in [5.41, 5.74) is 9.02. The van der Waals surface area contributed by atoms with Gasteiger partial charge in [0.25, 0.3) is 5.91 Å². The minimum absolute atomic E-state index is 0. The summed E-state index contributed by atoms with van der Waals surface area (Å²) >= 11 is 0. The Bertz CT molecular complexity index is 755. The number of hydrogen-bond acceptors (Lipinski definition) is 3. The third-order valence-corrected chi connectivity index (χ3v) is 3.82. The van der Waals surface area contributed by atoms with E-state index in [0.29, 0.717) is 11.3 Å². The number of hydrogen-bond donors (Lipinski definition) is 3. The Morgan fingerprint density at radius 2 is 2.09 bits per heavy atom. The van der Waals surface area contributed by atoms with Gasteiger partial charge in [-0.25, -0.2) is 0 Å². The molecule has 0 spiro atoms. The summed E-state index contributed by atoms with van der Waals surface area (Å²) < 4.78 is 1.59. The van der Waals surface area contributed by atoms with E-state index in [1.54, 1.807) is 17.8 Å². The van der Waals surface area contributed by atoms with Gasteiger partial charge in [-0.2, -0.15) is 0 Å². The zero-order valence-corrected chi connectivity index (χ0v) is 13.6. The molecule has 2 aromatic rings. The highest BCUT2D eigenvalue weighted by atomic mass is 35.5. The standard InChI is InChI=1S/C16H18N4O2.ClH/c1-20-9-11(15(17)21)8-14(20)16(22)19-12-4-5-13-10(7-12)3-2-6-18-13;/h4-5,7-9,18H,2-3,6H2,1H3,(H2,17,21)(H,19,22);1H. The van der Waals surface area contributed by atoms with Crippen LogP contribution in [0.25, 0.3) is 0 Å². The predicted octanol–water partition coefficient (Wildman–Crippen LogP) is 2.16. The van der Waals surface area contributed by atoms with Gasteiger partial charge >= 0.3 is 0 Å². The predicted molar refractivity (Wildman–Crippen MR) is 92.4 cm³/mol. The molecule has 122 valence electrons. The van der Waals surface area contributed by atoms with Crippen LogP contribution in [0, 0.1) is 0 Å². The molecule has 4 N–H and O–H groups in total. The molecule has 0 bridgehead atoms. The molecule has 0 saturated carbocycles. The molecule has 3 rings (SSSR count). The molecule has 1 aliphatic rings. The minimum atomic E-state index is -0.547. The lowest BCUT2D eigenvalue weighted by atomic mass is 10.0. The van der Waals surface area contributed by atoms with E-state index in [2.05, 4.69) is 10.6 Å². The monoisotopic (exact) mass is 334 g/mol. The van der Waals surface area contributed by atoms with Crippen molar-refractivity contribution in [3.8, 4) is 0 Å². The number of carbonyl (C=O) groups is 2. The van der Waals surface area contributed by atoms with Crippen molar-refractivity contribution in [1.29, 1.82) is 0 Å². The maximum atomic E-state index is 12.3. The van der Waals surface area contributed by atoms with Gasteiger partial charge < -0.3 is 20.9 Å². The second kappa shape index (κ2) is 6.75. The number of carbonyl (C=O) groups excluding carboxylic acids is 2. The third kappa shape index (κ3) is 3.48. The normalized spacial score (nSPS) is 12.6. The number of fused-ring (bicyclic) bond motifs is 1. The van der Waals surface area contributed by atoms with Crippen molar-refractivity contribution >= 4 is 35.6 Å². The lowest BCUT2D eigenvalue weighted by molar-refractivity contribution is 0.0998. The van der Waals surface area contributed by atoms with Crippen LogP contribution >= 0.6 is 12.4 Å². The summed E-state index contributed by atoms with van der Waals surface area (Å²) in [5, 5.41) is 6.19. The van der Waals surface area contributed by atoms with Crippen LogP contribution in [0.5, 0.6) is 0 Å². The van der Waals surface area contributed by atoms with Crippen molar-refractivity contribution in [1.82, 2.24) is 4.57 Å². The highest BCUT2D eigenvalue weighted by molar-refractivity contribution is 6.05. The fraction of sp³-hybridized carbons (Fsp3) is 0.250. The molecule has 23 heavy (non-hydrogen) atoms. The summed E-state index contributed by atoms with van der Waals surface area (Å²) in [6.07, 6.45) is 3.64. The van der Waals surface area contributed by atoms with Crippen molar-refractivity contribution in [3.05, 3.63) is 47.3 Å². The van der Waals surface area contributed by atoms with E-state index in [4.69, 9.17) is 5.73 Å². The van der Waals surface area contributed by atoms with E-state index in [1.807, 2.05) is 18.2 Å². The maximum absolute atomic E-state index is 12.3. The summed E-state index contributed by atoms with van der Waals surface area (Å²) in [7, 11) is 1.71. The Hall–Kier alpha value is -2.47. The average molecular weight is 335 g/mol. The van der Waals surface area contributed by atoms with Crippen LogP contribution in [-0.4, -0.2) is 22.9 Å². The van der Waals surface area contributed by atoms with E-state index in [1.165, 1.54) is 11.6 Å². The molecular weight excluding hydrogens is 316 g/mol. The molecule has 0 aliphatic carbocycles. The van der Waals surface area contributed by atoms with Gasteiger partial charge in [-0.05, 0) is 42.7 Å². The van der Waals surface area contributed by atoms with Gasteiger partial charge in [-0.3, -0.25) is 9.59 Å². The number of nitrogens with two attached hydrogens (primary N) is 1. The molecule has 0 radical (unpaired) electrons. The number of aryl methyl sites for hydroxylation is 2. The van der Waals surface area contributed by atoms with Gasteiger partial charge in [-0.15, -0.1) is 12.4 Å². The number of nitrogens with zero attached hydrogens (tertiary/aromatic N) is 1. The van der Waals surface area contributed by atoms with Gasteiger partial charge in [0.2, 0.25) is 5.91 Å². The van der Waals surface area contributed by atoms with E-state index in [-0.39, 0.29) is 18.3 Å². The van der Waals surface area contributed by atoms with Crippen LogP contribution in [0.15, 0.2) is 30.5 Å². The van der Waals surface area contributed by atoms with Crippen LogP contribution in [0.4, 0.5) is 11.4 Å². The van der Waals surface area contributed by atoms with Gasteiger partial charge in [0.05, 0.1) is 5.56 Å². The van der Waals surface area contributed by atoms with Crippen molar-refractivity contribution in [2.24, 2.45) is 12.8 Å². The van der Waals surface area contributed by atoms with Crippen LogP contribution < -0.4 is 16.4 Å². The highest BCUT2D eigenvalue weighted by Crippen LogP contribution is 2.25. The number of amides is 2. The van der Waals surface area contributed by atoms with Crippen molar-refractivity contribution in [2.45, 2.75) is 12.8 Å². The molecule has 2 heterocycles. The molecule has 1 aromatic heterocycles. The number of halogens is 1. The molecule has 0 fully saturated rings. The summed E-state index contributed by atoms with van der Waals surface area (Å²) in [6.45, 7) is 0.984. The van der Waals surface area contributed by atoms with Crippen molar-refractivity contribution in [3.63, 3.8) is 0 Å². The number of anilines is 2. The first-order chi connectivity index (χ1) is 10.5. The van der Waals surface area contributed by atoms with Gasteiger partial charge in [-0.1, -0.05) is 0 Å². The number of aromatic nitrogens is 1. The van der Waals surface area contributed by atoms with Crippen LogP contribution in [0.3, 0.4) is 0 Å². The van der Waals surface area contributed by atoms with Gasteiger partial charge in [0.15, 0.2) is 0 Å². The zero-order valence-electron chi connectivity index (χ0n) is 12.8. The number of rotatable bonds is 3. The molecule has 1 aliphatic heterocycles. The molecule has 0 saturated heterocycles. The number of benzene rings is 1. The highest BCUT2D eigenvalue weighted by Gasteiger charge is 2.15. The smallest absolute Gasteiger partial charge is 0.272 e. The average Bonchev–Trinajstić information content (AvgIpc) is 2.89. The first-order valence-electron chi connectivity index (χ1n) is 7.19. The fourth-order valence-corrected chi connectivity index (χ4v) is 2.67. The van der Waals surface area contributed by atoms with Crippen molar-refractivity contribution < 1.29 is 9.59 Å². The van der Waals surface area contributed by atoms with Crippen LogP contribution in [0.1, 0.15) is 32.8 Å². The quantitative estimate of drug-likeness (QED) is 0.803. The molecule has 7 heteroatoms. The lowest BCUT2D eigenvalue weighted by Crippen LogP contribution is -2.16. The zero-order chi connectivity index (χ0) is 15.7. The molecule has 6 nitrogen and oxygen atoms in total. The van der Waals surface area contributed by atoms with E-state index in [0.717, 1.165) is 30.8 Å². The van der Waals surface area contributed by atoms with E-state index >= 15 is 0 Å². The van der Waals surface area contributed by atoms with Crippen molar-refractivity contribution in [2.75, 3.05) is 17.2 Å². The Morgan fingerprint density at radius 3 is 2.78 bits per heavy atom. The summed E-state index contributed by atoms with van der Waals surface area (Å²) in [6, 6.07) is 7.33. The van der Waals surface area contributed by atoms with Gasteiger partial charge in [0, 0.05) is 31.2 Å². The topological polar surface area (TPSA) is 89.2 Å². The minimum Gasteiger partial charge on any atom is -0.385 e. The molecule has 0 atom stereocenters. The van der Waals surface area contributed by atoms with E-state index < -0.39 is 5.91 Å². The Labute approximate surface area is 140 Å². The fourth-order valence-electron chi connectivity index (χ4n) is 2.67. The molecule has 2 amide bonds. The molecule has 0 unspecified atom stereocenters. The molecule has 1 aromatic carbocycles. The summed E-state index contributed by atoms with van der Waals surface area (Å²) in [5.74, 6) is -0.812.